The summed E-state index contributed by atoms with van der Waals surface area (Å²) in [5, 5.41) is 0.468. The number of hydrogen-bond acceptors (Lipinski definition) is 2. The lowest BCUT2D eigenvalue weighted by atomic mass is 10.8. The first kappa shape index (κ1) is 8.85. The summed E-state index contributed by atoms with van der Waals surface area (Å²) in [7, 11) is 0. The summed E-state index contributed by atoms with van der Waals surface area (Å²) in [6, 6.07) is 0. The quantitative estimate of drug-likeness (QED) is 0.493. The van der Waals surface area contributed by atoms with Gasteiger partial charge in [-0.2, -0.15) is 0 Å². The van der Waals surface area contributed by atoms with Gasteiger partial charge >= 0.3 is 0 Å². The smallest absolute Gasteiger partial charge is 0.123 e. The Morgan fingerprint density at radius 1 is 1.78 bits per heavy atom. The molecule has 0 N–H and O–H groups in total. The highest BCUT2D eigenvalue weighted by Crippen LogP contribution is 2.04. The third kappa shape index (κ3) is 5.73. The monoisotopic (exact) mass is 208 g/mol. The minimum absolute atomic E-state index is 0.468. The summed E-state index contributed by atoms with van der Waals surface area (Å²) in [5.41, 5.74) is 0. The summed E-state index contributed by atoms with van der Waals surface area (Å²) >= 11 is 8.47. The molecule has 0 amide bonds. The van der Waals surface area contributed by atoms with Crippen molar-refractivity contribution in [1.82, 2.24) is 0 Å². The normalized spacial score (nSPS) is 13.7. The average molecular weight is 209 g/mol. The molecule has 0 heterocycles. The summed E-state index contributed by atoms with van der Waals surface area (Å²) < 4.78 is 0.572. The molecule has 0 aliphatic carbocycles. The highest BCUT2D eigenvalue weighted by Gasteiger charge is 1.80. The maximum absolute atomic E-state index is 5.40. The van der Waals surface area contributed by atoms with Crippen molar-refractivity contribution in [2.75, 3.05) is 0 Å². The van der Waals surface area contributed by atoms with Gasteiger partial charge in [-0.25, -0.2) is 4.99 Å². The third-order valence-corrected chi connectivity index (χ3v) is 1.05. The molecule has 0 aromatic carbocycles. The first-order chi connectivity index (χ1) is 4.16. The summed E-state index contributed by atoms with van der Waals surface area (Å²) in [6.45, 7) is 4.94. The predicted molar refractivity (Wildman–Crippen MR) is 45.5 cm³/mol. The molecule has 0 saturated carbocycles. The van der Waals surface area contributed by atoms with Crippen LogP contribution in [0.2, 0.25) is 0 Å². The highest BCUT2D eigenvalue weighted by molar-refractivity contribution is 9.11. The molecule has 50 valence electrons. The largest absolute Gasteiger partial charge is 0.256 e. The number of nitrogens with zero attached hydrogens (tertiary/aromatic N) is 2. The SMILES string of the molecule is C=N/C(Br)=C\N=C(/C)Cl. The number of halogens is 2. The molecule has 0 unspecified atom stereocenters. The van der Waals surface area contributed by atoms with Gasteiger partial charge in [0.2, 0.25) is 0 Å². The minimum atomic E-state index is 0.468. The van der Waals surface area contributed by atoms with Crippen LogP contribution in [0, 0.1) is 0 Å². The van der Waals surface area contributed by atoms with Crippen molar-refractivity contribution in [2.24, 2.45) is 9.98 Å². The van der Waals surface area contributed by atoms with Crippen LogP contribution in [0.4, 0.5) is 0 Å². The molecule has 0 saturated heterocycles. The van der Waals surface area contributed by atoms with E-state index in [1.165, 1.54) is 6.20 Å². The van der Waals surface area contributed by atoms with Crippen LogP contribution in [0.5, 0.6) is 0 Å². The Hall–Kier alpha value is -0.150. The Morgan fingerprint density at radius 3 is 2.67 bits per heavy atom. The van der Waals surface area contributed by atoms with E-state index in [-0.39, 0.29) is 0 Å². The van der Waals surface area contributed by atoms with Gasteiger partial charge in [0.05, 0.1) is 6.20 Å². The molecule has 0 aromatic rings. The van der Waals surface area contributed by atoms with Crippen LogP contribution in [0.25, 0.3) is 0 Å². The van der Waals surface area contributed by atoms with E-state index in [0.717, 1.165) is 0 Å². The first-order valence-corrected chi connectivity index (χ1v) is 3.36. The average Bonchev–Trinajstić information content (AvgIpc) is 1.83. The van der Waals surface area contributed by atoms with Gasteiger partial charge in [-0.3, -0.25) is 4.99 Å². The van der Waals surface area contributed by atoms with Crippen molar-refractivity contribution >= 4 is 39.4 Å². The lowest BCUT2D eigenvalue weighted by Gasteiger charge is -1.82. The molecule has 0 aromatic heterocycles. The Labute approximate surface area is 67.5 Å². The van der Waals surface area contributed by atoms with Crippen molar-refractivity contribution in [3.63, 3.8) is 0 Å². The summed E-state index contributed by atoms with van der Waals surface area (Å²) in [5.74, 6) is 0. The second-order valence-corrected chi connectivity index (χ2v) is 2.60. The lowest BCUT2D eigenvalue weighted by molar-refractivity contribution is 1.47. The van der Waals surface area contributed by atoms with E-state index >= 15 is 0 Å². The van der Waals surface area contributed by atoms with Crippen molar-refractivity contribution < 1.29 is 0 Å². The van der Waals surface area contributed by atoms with E-state index < -0.39 is 0 Å². The van der Waals surface area contributed by atoms with Crippen LogP contribution in [0.15, 0.2) is 20.8 Å². The van der Waals surface area contributed by atoms with Crippen LogP contribution in [-0.4, -0.2) is 11.9 Å². The van der Waals surface area contributed by atoms with Crippen LogP contribution >= 0.6 is 27.5 Å². The van der Waals surface area contributed by atoms with Gasteiger partial charge in [0.25, 0.3) is 0 Å². The van der Waals surface area contributed by atoms with Gasteiger partial charge in [-0.05, 0) is 29.6 Å². The van der Waals surface area contributed by atoms with Gasteiger partial charge in [-0.1, -0.05) is 11.6 Å². The fraction of sp³-hybridized carbons (Fsp3) is 0.200. The maximum atomic E-state index is 5.40. The fourth-order valence-corrected chi connectivity index (χ4v) is 0.334. The lowest BCUT2D eigenvalue weighted by Crippen LogP contribution is -1.70. The molecule has 0 radical (unpaired) electrons. The van der Waals surface area contributed by atoms with Crippen LogP contribution in [0.1, 0.15) is 6.92 Å². The van der Waals surface area contributed by atoms with Crippen molar-refractivity contribution in [3.05, 3.63) is 10.8 Å². The van der Waals surface area contributed by atoms with Crippen molar-refractivity contribution in [3.8, 4) is 0 Å². The second kappa shape index (κ2) is 4.70. The Bertz CT molecular complexity index is 158. The molecule has 9 heavy (non-hydrogen) atoms. The van der Waals surface area contributed by atoms with Gasteiger partial charge in [-0.15, -0.1) is 0 Å². The molecular formula is C5H6BrClN2. The van der Waals surface area contributed by atoms with E-state index in [9.17, 15) is 0 Å². The molecule has 0 rings (SSSR count). The van der Waals surface area contributed by atoms with E-state index in [4.69, 9.17) is 11.6 Å². The molecule has 0 fully saturated rings. The maximum Gasteiger partial charge on any atom is 0.123 e. The van der Waals surface area contributed by atoms with E-state index in [1.807, 2.05) is 0 Å². The van der Waals surface area contributed by atoms with Crippen LogP contribution < -0.4 is 0 Å². The zero-order chi connectivity index (χ0) is 7.28. The van der Waals surface area contributed by atoms with E-state index in [2.05, 4.69) is 32.6 Å². The van der Waals surface area contributed by atoms with E-state index in [1.54, 1.807) is 6.92 Å². The molecule has 0 bridgehead atoms. The number of rotatable bonds is 2. The molecule has 4 heteroatoms. The molecule has 0 aliphatic heterocycles. The zero-order valence-corrected chi connectivity index (χ0v) is 7.28. The van der Waals surface area contributed by atoms with Gasteiger partial charge < -0.3 is 0 Å². The Morgan fingerprint density at radius 2 is 2.33 bits per heavy atom. The van der Waals surface area contributed by atoms with Gasteiger partial charge in [0.1, 0.15) is 9.78 Å². The molecule has 0 aliphatic rings. The second-order valence-electron chi connectivity index (χ2n) is 1.24. The third-order valence-electron chi connectivity index (χ3n) is 0.500. The molecule has 0 atom stereocenters. The summed E-state index contributed by atoms with van der Waals surface area (Å²) in [4.78, 5) is 7.26. The van der Waals surface area contributed by atoms with Gasteiger partial charge in [0.15, 0.2) is 0 Å². The van der Waals surface area contributed by atoms with Gasteiger partial charge in [0, 0.05) is 0 Å². The van der Waals surface area contributed by atoms with Crippen molar-refractivity contribution in [1.29, 1.82) is 0 Å². The Kier molecular flexibility index (Phi) is 4.62. The van der Waals surface area contributed by atoms with E-state index in [0.29, 0.717) is 9.78 Å². The van der Waals surface area contributed by atoms with Crippen molar-refractivity contribution in [2.45, 2.75) is 6.92 Å². The molecule has 2 nitrogen and oxygen atoms in total. The number of hydrogen-bond donors (Lipinski definition) is 0. The van der Waals surface area contributed by atoms with Crippen LogP contribution in [-0.2, 0) is 0 Å². The molecular weight excluding hydrogens is 203 g/mol. The molecule has 0 spiro atoms. The topological polar surface area (TPSA) is 24.7 Å². The highest BCUT2D eigenvalue weighted by atomic mass is 79.9. The summed E-state index contributed by atoms with van der Waals surface area (Å²) in [6.07, 6.45) is 1.48. The predicted octanol–water partition coefficient (Wildman–Crippen LogP) is 2.54. The Balaban J connectivity index is 3.98. The standard InChI is InChI=1S/C5H6BrClN2/c1-4(7)9-3-5(6)8-2/h3H,2H2,1H3/b5-3-,9-4+. The minimum Gasteiger partial charge on any atom is -0.256 e. The zero-order valence-electron chi connectivity index (χ0n) is 4.93. The van der Waals surface area contributed by atoms with Crippen LogP contribution in [0.3, 0.4) is 0 Å². The fourth-order valence-electron chi connectivity index (χ4n) is 0.183. The number of aliphatic imine (C=N–C) groups is 2. The first-order valence-electron chi connectivity index (χ1n) is 2.19.